The van der Waals surface area contributed by atoms with E-state index in [1.807, 2.05) is 6.07 Å². The summed E-state index contributed by atoms with van der Waals surface area (Å²) in [6.45, 7) is 11.3. The first-order valence-electron chi connectivity index (χ1n) is 7.99. The molecule has 0 amide bonds. The van der Waals surface area contributed by atoms with E-state index < -0.39 is 8.32 Å². The quantitative estimate of drug-likeness (QED) is 0.590. The third-order valence-corrected chi connectivity index (χ3v) is 9.65. The smallest absolute Gasteiger partial charge is 0.306 e. The molecule has 122 valence electrons. The maximum absolute atomic E-state index is 11.7. The van der Waals surface area contributed by atoms with Gasteiger partial charge in [0, 0.05) is 0 Å². The van der Waals surface area contributed by atoms with Gasteiger partial charge in [0.25, 0.3) is 0 Å². The van der Waals surface area contributed by atoms with Gasteiger partial charge in [0.15, 0.2) is 8.32 Å². The van der Waals surface area contributed by atoms with Crippen LogP contribution in [0.3, 0.4) is 0 Å². The molecular formula is C18H28O3Si. The van der Waals surface area contributed by atoms with Crippen molar-refractivity contribution in [1.29, 1.82) is 0 Å². The molecule has 0 radical (unpaired) electrons. The lowest BCUT2D eigenvalue weighted by atomic mass is 9.98. The van der Waals surface area contributed by atoms with E-state index in [2.05, 4.69) is 52.1 Å². The van der Waals surface area contributed by atoms with E-state index in [4.69, 9.17) is 9.16 Å². The Hall–Kier alpha value is -1.13. The molecule has 2 atom stereocenters. The summed E-state index contributed by atoms with van der Waals surface area (Å²) in [6, 6.07) is 8.36. The van der Waals surface area contributed by atoms with Crippen LogP contribution in [0, 0.1) is 0 Å². The van der Waals surface area contributed by atoms with Crippen molar-refractivity contribution in [2.45, 2.75) is 63.8 Å². The lowest BCUT2D eigenvalue weighted by Crippen LogP contribution is -2.41. The van der Waals surface area contributed by atoms with E-state index in [0.29, 0.717) is 6.42 Å². The monoisotopic (exact) mass is 320 g/mol. The SMILES string of the molecule is COC(=O)C[C@H]1C[C@@H](O[Si](C)(C)C(C)(C)C)c2ccccc21. The molecule has 1 aromatic carbocycles. The third kappa shape index (κ3) is 3.44. The first kappa shape index (κ1) is 17.2. The number of esters is 1. The molecule has 1 aromatic rings. The Morgan fingerprint density at radius 1 is 1.23 bits per heavy atom. The molecule has 1 aliphatic rings. The summed E-state index contributed by atoms with van der Waals surface area (Å²) >= 11 is 0. The molecule has 1 aliphatic carbocycles. The zero-order valence-corrected chi connectivity index (χ0v) is 15.6. The van der Waals surface area contributed by atoms with Gasteiger partial charge in [-0.2, -0.15) is 0 Å². The minimum absolute atomic E-state index is 0.103. The predicted octanol–water partition coefficient (Wildman–Crippen LogP) is 4.80. The second-order valence-electron chi connectivity index (χ2n) is 7.71. The summed E-state index contributed by atoms with van der Waals surface area (Å²) in [5.41, 5.74) is 2.50. The van der Waals surface area contributed by atoms with Gasteiger partial charge in [-0.25, -0.2) is 0 Å². The summed E-state index contributed by atoms with van der Waals surface area (Å²) in [7, 11) is -0.381. The number of carbonyl (C=O) groups is 1. The molecular weight excluding hydrogens is 292 g/mol. The van der Waals surface area contributed by atoms with Gasteiger partial charge < -0.3 is 9.16 Å². The number of methoxy groups -OCH3 is 1. The number of fused-ring (bicyclic) bond motifs is 1. The lowest BCUT2D eigenvalue weighted by Gasteiger charge is -2.38. The molecule has 2 rings (SSSR count). The highest BCUT2D eigenvalue weighted by atomic mass is 28.4. The molecule has 0 aromatic heterocycles. The Morgan fingerprint density at radius 3 is 2.36 bits per heavy atom. The highest BCUT2D eigenvalue weighted by Gasteiger charge is 2.42. The van der Waals surface area contributed by atoms with Gasteiger partial charge >= 0.3 is 5.97 Å². The number of carbonyl (C=O) groups excluding carboxylic acids is 1. The number of ether oxygens (including phenoxy) is 1. The van der Waals surface area contributed by atoms with Crippen LogP contribution >= 0.6 is 0 Å². The fourth-order valence-electron chi connectivity index (χ4n) is 2.81. The van der Waals surface area contributed by atoms with Crippen LogP contribution in [0.5, 0.6) is 0 Å². The number of hydrogen-bond acceptors (Lipinski definition) is 3. The Balaban J connectivity index is 2.23. The highest BCUT2D eigenvalue weighted by Crippen LogP contribution is 2.48. The fourth-order valence-corrected chi connectivity index (χ4v) is 4.10. The van der Waals surface area contributed by atoms with Gasteiger partial charge in [-0.3, -0.25) is 4.79 Å². The second-order valence-corrected chi connectivity index (χ2v) is 12.5. The van der Waals surface area contributed by atoms with Crippen molar-refractivity contribution in [2.24, 2.45) is 0 Å². The van der Waals surface area contributed by atoms with Gasteiger partial charge in [0.05, 0.1) is 19.6 Å². The average Bonchev–Trinajstić information content (AvgIpc) is 2.75. The molecule has 0 spiro atoms. The molecule has 0 aliphatic heterocycles. The van der Waals surface area contributed by atoms with Crippen LogP contribution in [-0.2, 0) is 14.0 Å². The third-order valence-electron chi connectivity index (χ3n) is 5.17. The zero-order valence-electron chi connectivity index (χ0n) is 14.6. The second kappa shape index (κ2) is 6.17. The Morgan fingerprint density at radius 2 is 1.82 bits per heavy atom. The van der Waals surface area contributed by atoms with Crippen LogP contribution in [0.2, 0.25) is 18.1 Å². The molecule has 0 unspecified atom stereocenters. The van der Waals surface area contributed by atoms with Gasteiger partial charge in [-0.1, -0.05) is 45.0 Å². The molecule has 3 nitrogen and oxygen atoms in total. The van der Waals surface area contributed by atoms with Gasteiger partial charge in [0.1, 0.15) is 0 Å². The van der Waals surface area contributed by atoms with Crippen molar-refractivity contribution >= 4 is 14.3 Å². The zero-order chi connectivity index (χ0) is 16.5. The van der Waals surface area contributed by atoms with Crippen LogP contribution in [-0.4, -0.2) is 21.4 Å². The van der Waals surface area contributed by atoms with Crippen molar-refractivity contribution in [3.63, 3.8) is 0 Å². The van der Waals surface area contributed by atoms with Crippen LogP contribution in [0.4, 0.5) is 0 Å². The van der Waals surface area contributed by atoms with E-state index in [1.165, 1.54) is 18.2 Å². The molecule has 0 N–H and O–H groups in total. The Labute approximate surface area is 135 Å². The number of rotatable bonds is 4. The van der Waals surface area contributed by atoms with Gasteiger partial charge in [0.2, 0.25) is 0 Å². The van der Waals surface area contributed by atoms with E-state index in [1.54, 1.807) is 0 Å². The number of benzene rings is 1. The van der Waals surface area contributed by atoms with E-state index in [0.717, 1.165) is 6.42 Å². The first-order valence-corrected chi connectivity index (χ1v) is 10.9. The van der Waals surface area contributed by atoms with Gasteiger partial charge in [-0.05, 0) is 41.6 Å². The van der Waals surface area contributed by atoms with Crippen molar-refractivity contribution in [1.82, 2.24) is 0 Å². The molecule has 22 heavy (non-hydrogen) atoms. The maximum atomic E-state index is 11.7. The molecule has 0 saturated heterocycles. The summed E-state index contributed by atoms with van der Waals surface area (Å²) in [5, 5.41) is 0.183. The largest absolute Gasteiger partial charge is 0.469 e. The van der Waals surface area contributed by atoms with Crippen LogP contribution < -0.4 is 0 Å². The number of hydrogen-bond donors (Lipinski definition) is 0. The summed E-state index contributed by atoms with van der Waals surface area (Å²) in [6.07, 6.45) is 1.41. The van der Waals surface area contributed by atoms with E-state index >= 15 is 0 Å². The van der Waals surface area contributed by atoms with Crippen molar-refractivity contribution in [2.75, 3.05) is 7.11 Å². The molecule has 0 saturated carbocycles. The average molecular weight is 321 g/mol. The Bertz CT molecular complexity index is 546. The topological polar surface area (TPSA) is 35.5 Å². The lowest BCUT2D eigenvalue weighted by molar-refractivity contribution is -0.141. The van der Waals surface area contributed by atoms with Crippen LogP contribution in [0.15, 0.2) is 24.3 Å². The normalized spacial score (nSPS) is 21.5. The predicted molar refractivity (Wildman–Crippen MR) is 91.5 cm³/mol. The minimum Gasteiger partial charge on any atom is -0.469 e. The summed E-state index contributed by atoms with van der Waals surface area (Å²) < 4.78 is 11.5. The summed E-state index contributed by atoms with van der Waals surface area (Å²) in [4.78, 5) is 11.7. The maximum Gasteiger partial charge on any atom is 0.306 e. The molecule has 0 heterocycles. The Kier molecular flexibility index (Phi) is 4.83. The van der Waals surface area contributed by atoms with E-state index in [9.17, 15) is 4.79 Å². The molecule has 0 bridgehead atoms. The van der Waals surface area contributed by atoms with Crippen molar-refractivity contribution < 1.29 is 14.0 Å². The van der Waals surface area contributed by atoms with Crippen LogP contribution in [0.25, 0.3) is 0 Å². The highest BCUT2D eigenvalue weighted by molar-refractivity contribution is 6.74. The van der Waals surface area contributed by atoms with Crippen molar-refractivity contribution in [3.8, 4) is 0 Å². The van der Waals surface area contributed by atoms with E-state index in [-0.39, 0.29) is 23.0 Å². The standard InChI is InChI=1S/C18H28O3Si/c1-18(2,3)22(5,6)21-16-11-13(12-17(19)20-4)14-9-7-8-10-15(14)16/h7-10,13,16H,11-12H2,1-6H3/t13-,16-/m1/s1. The first-order chi connectivity index (χ1) is 10.2. The minimum atomic E-state index is -1.83. The van der Waals surface area contributed by atoms with Crippen molar-refractivity contribution in [3.05, 3.63) is 35.4 Å². The fraction of sp³-hybridized carbons (Fsp3) is 0.611. The van der Waals surface area contributed by atoms with Gasteiger partial charge in [-0.15, -0.1) is 0 Å². The molecule has 4 heteroatoms. The summed E-state index contributed by atoms with van der Waals surface area (Å²) in [5.74, 6) is 0.0613. The van der Waals surface area contributed by atoms with Crippen LogP contribution in [0.1, 0.15) is 56.8 Å². The molecule has 0 fully saturated rings.